The van der Waals surface area contributed by atoms with Gasteiger partial charge >= 0.3 is 0 Å². The summed E-state index contributed by atoms with van der Waals surface area (Å²) >= 11 is 0. The first kappa shape index (κ1) is 23.1. The molecule has 9 heteroatoms. The Morgan fingerprint density at radius 2 is 2.06 bits per heavy atom. The summed E-state index contributed by atoms with van der Waals surface area (Å²) in [7, 11) is 7.38. The number of hydrogen-bond donors (Lipinski definition) is 3. The Bertz CT molecular complexity index is 1060. The molecule has 1 saturated carbocycles. The van der Waals surface area contributed by atoms with Gasteiger partial charge in [-0.05, 0) is 18.9 Å². The molecule has 2 heterocycles. The van der Waals surface area contributed by atoms with Gasteiger partial charge in [0.25, 0.3) is 5.91 Å². The van der Waals surface area contributed by atoms with Crippen LogP contribution in [0.2, 0.25) is 0 Å². The van der Waals surface area contributed by atoms with Gasteiger partial charge in [-0.25, -0.2) is 9.98 Å². The average Bonchev–Trinajstić information content (AvgIpc) is 3.57. The van der Waals surface area contributed by atoms with Gasteiger partial charge in [-0.2, -0.15) is 0 Å². The van der Waals surface area contributed by atoms with Crippen LogP contribution in [0.3, 0.4) is 0 Å². The maximum Gasteiger partial charge on any atom is 0.254 e. The summed E-state index contributed by atoms with van der Waals surface area (Å²) in [4.78, 5) is 35.8. The molecule has 0 unspecified atom stereocenters. The van der Waals surface area contributed by atoms with Crippen LogP contribution in [-0.4, -0.2) is 53.2 Å². The van der Waals surface area contributed by atoms with Gasteiger partial charge in [0.1, 0.15) is 17.3 Å². The number of carbonyl (C=O) groups is 2. The third-order valence-electron chi connectivity index (χ3n) is 5.31. The average molecular weight is 438 g/mol. The van der Waals surface area contributed by atoms with Crippen molar-refractivity contribution in [1.29, 1.82) is 0 Å². The lowest BCUT2D eigenvalue weighted by Gasteiger charge is -2.16. The number of pyridine rings is 1. The molecule has 0 atom stereocenters. The molecule has 1 aliphatic rings. The normalized spacial score (nSPS) is 13.5. The SMILES string of the molecule is C=Cc1c(N=C(CC)N(C)C)c(Nc2cc(NC(=O)C3CC3)ncc2C(=O)NC)cn1C. The third-order valence-corrected chi connectivity index (χ3v) is 5.31. The lowest BCUT2D eigenvalue weighted by molar-refractivity contribution is -0.117. The van der Waals surface area contributed by atoms with E-state index in [2.05, 4.69) is 27.5 Å². The van der Waals surface area contributed by atoms with E-state index in [4.69, 9.17) is 4.99 Å². The number of nitrogens with zero attached hydrogens (tertiary/aromatic N) is 4. The van der Waals surface area contributed by atoms with Crippen LogP contribution in [0.4, 0.5) is 22.9 Å². The van der Waals surface area contributed by atoms with Crippen molar-refractivity contribution >= 4 is 46.6 Å². The summed E-state index contributed by atoms with van der Waals surface area (Å²) in [5.41, 5.74) is 3.16. The fourth-order valence-corrected chi connectivity index (χ4v) is 3.36. The molecule has 2 aromatic rings. The molecule has 0 bridgehead atoms. The Morgan fingerprint density at radius 3 is 2.62 bits per heavy atom. The number of amides is 2. The summed E-state index contributed by atoms with van der Waals surface area (Å²) in [6, 6.07) is 1.67. The molecule has 1 aliphatic carbocycles. The predicted molar refractivity (Wildman–Crippen MR) is 129 cm³/mol. The number of rotatable bonds is 8. The Labute approximate surface area is 188 Å². The molecule has 2 amide bonds. The van der Waals surface area contributed by atoms with Crippen LogP contribution in [0.5, 0.6) is 0 Å². The highest BCUT2D eigenvalue weighted by Gasteiger charge is 2.30. The number of anilines is 3. The zero-order valence-electron chi connectivity index (χ0n) is 19.3. The van der Waals surface area contributed by atoms with Crippen molar-refractivity contribution in [3.63, 3.8) is 0 Å². The number of aromatic nitrogens is 2. The Balaban J connectivity index is 2.05. The number of hydrogen-bond acceptors (Lipinski definition) is 5. The van der Waals surface area contributed by atoms with Crippen molar-refractivity contribution < 1.29 is 9.59 Å². The second kappa shape index (κ2) is 9.67. The number of aryl methyl sites for hydroxylation is 1. The molecule has 0 aromatic carbocycles. The van der Waals surface area contributed by atoms with Crippen LogP contribution in [0.25, 0.3) is 6.08 Å². The van der Waals surface area contributed by atoms with Crippen molar-refractivity contribution in [1.82, 2.24) is 19.8 Å². The molecule has 9 nitrogen and oxygen atoms in total. The van der Waals surface area contributed by atoms with Crippen LogP contribution in [0, 0.1) is 5.92 Å². The highest BCUT2D eigenvalue weighted by atomic mass is 16.2. The van der Waals surface area contributed by atoms with Crippen LogP contribution in [0.1, 0.15) is 42.2 Å². The van der Waals surface area contributed by atoms with Gasteiger partial charge in [-0.3, -0.25) is 9.59 Å². The van der Waals surface area contributed by atoms with E-state index < -0.39 is 0 Å². The van der Waals surface area contributed by atoms with Crippen molar-refractivity contribution in [2.45, 2.75) is 26.2 Å². The molecular weight excluding hydrogens is 406 g/mol. The van der Waals surface area contributed by atoms with Crippen LogP contribution in [-0.2, 0) is 11.8 Å². The smallest absolute Gasteiger partial charge is 0.254 e. The first-order valence-electron chi connectivity index (χ1n) is 10.7. The van der Waals surface area contributed by atoms with Crippen molar-refractivity contribution in [3.05, 3.63) is 36.3 Å². The number of nitrogens with one attached hydrogen (secondary N) is 3. The number of amidine groups is 1. The second-order valence-corrected chi connectivity index (χ2v) is 7.95. The van der Waals surface area contributed by atoms with E-state index in [9.17, 15) is 9.59 Å². The van der Waals surface area contributed by atoms with E-state index in [0.717, 1.165) is 36.5 Å². The molecule has 32 heavy (non-hydrogen) atoms. The van der Waals surface area contributed by atoms with Gasteiger partial charge in [-0.15, -0.1) is 0 Å². The first-order valence-corrected chi connectivity index (χ1v) is 10.7. The molecular formula is C23H31N7O2. The molecule has 1 fully saturated rings. The zero-order valence-corrected chi connectivity index (χ0v) is 19.3. The van der Waals surface area contributed by atoms with Crippen LogP contribution in [0.15, 0.2) is 30.0 Å². The van der Waals surface area contributed by atoms with Gasteiger partial charge in [0.15, 0.2) is 0 Å². The highest BCUT2D eigenvalue weighted by molar-refractivity contribution is 6.02. The van der Waals surface area contributed by atoms with Gasteiger partial charge in [0, 0.05) is 59.0 Å². The van der Waals surface area contributed by atoms with Gasteiger partial charge in [0.2, 0.25) is 5.91 Å². The maximum absolute atomic E-state index is 12.5. The molecule has 0 aliphatic heterocycles. The molecule has 2 aromatic heterocycles. The third kappa shape index (κ3) is 4.99. The van der Waals surface area contributed by atoms with Gasteiger partial charge < -0.3 is 25.4 Å². The summed E-state index contributed by atoms with van der Waals surface area (Å²) < 4.78 is 1.92. The van der Waals surface area contributed by atoms with E-state index in [1.54, 1.807) is 19.2 Å². The summed E-state index contributed by atoms with van der Waals surface area (Å²) in [5, 5.41) is 8.80. The Kier molecular flexibility index (Phi) is 6.97. The standard InChI is InChI=1S/C23H31N7O2/c1-7-18-21(28-20(8-2)29(4)5)17(13-30(18)6)26-16-11-19(27-22(31)14-9-10-14)25-12-15(16)23(32)24-3/h7,11-14H,1,8-10H2,2-6H3,(H,24,32)(H2,25,26,27,31). The van der Waals surface area contributed by atoms with E-state index in [-0.39, 0.29) is 17.7 Å². The predicted octanol–water partition coefficient (Wildman–Crippen LogP) is 3.52. The van der Waals surface area contributed by atoms with E-state index in [0.29, 0.717) is 22.8 Å². The minimum atomic E-state index is -0.285. The monoisotopic (exact) mass is 437 g/mol. The van der Waals surface area contributed by atoms with Gasteiger partial charge in [0.05, 0.1) is 22.6 Å². The zero-order chi connectivity index (χ0) is 23.4. The minimum absolute atomic E-state index is 0.0475. The molecule has 0 saturated heterocycles. The van der Waals surface area contributed by atoms with Crippen LogP contribution >= 0.6 is 0 Å². The minimum Gasteiger partial charge on any atom is -0.366 e. The lowest BCUT2D eigenvalue weighted by atomic mass is 10.2. The van der Waals surface area contributed by atoms with Crippen LogP contribution < -0.4 is 16.0 Å². The molecule has 0 spiro atoms. The summed E-state index contributed by atoms with van der Waals surface area (Å²) in [6.45, 7) is 5.97. The lowest BCUT2D eigenvalue weighted by Crippen LogP contribution is -2.21. The summed E-state index contributed by atoms with van der Waals surface area (Å²) in [6.07, 6.45) is 7.66. The number of carbonyl (C=O) groups excluding carboxylic acids is 2. The fraction of sp³-hybridized carbons (Fsp3) is 0.391. The Morgan fingerprint density at radius 1 is 1.34 bits per heavy atom. The van der Waals surface area contributed by atoms with Crippen molar-refractivity contribution in [2.24, 2.45) is 18.0 Å². The fourth-order valence-electron chi connectivity index (χ4n) is 3.36. The highest BCUT2D eigenvalue weighted by Crippen LogP contribution is 2.36. The quantitative estimate of drug-likeness (QED) is 0.433. The van der Waals surface area contributed by atoms with E-state index >= 15 is 0 Å². The first-order chi connectivity index (χ1) is 15.3. The molecule has 170 valence electrons. The second-order valence-electron chi connectivity index (χ2n) is 7.95. The topological polar surface area (TPSA) is 104 Å². The summed E-state index contributed by atoms with van der Waals surface area (Å²) in [5.74, 6) is 1.02. The number of aliphatic imine (C=N–C) groups is 1. The molecule has 3 N–H and O–H groups in total. The van der Waals surface area contributed by atoms with Crippen molar-refractivity contribution in [3.8, 4) is 0 Å². The largest absolute Gasteiger partial charge is 0.366 e. The van der Waals surface area contributed by atoms with E-state index in [1.165, 1.54) is 6.20 Å². The molecule has 3 rings (SSSR count). The molecule has 0 radical (unpaired) electrons. The van der Waals surface area contributed by atoms with Crippen molar-refractivity contribution in [2.75, 3.05) is 31.8 Å². The maximum atomic E-state index is 12.5. The van der Waals surface area contributed by atoms with E-state index in [1.807, 2.05) is 43.7 Å². The van der Waals surface area contributed by atoms with Gasteiger partial charge in [-0.1, -0.05) is 13.5 Å². The Hall–Kier alpha value is -3.62.